The molecule has 0 saturated heterocycles. The molecule has 1 aliphatic heterocycles. The molecule has 3 N–H and O–H groups in total. The number of anilines is 2. The lowest BCUT2D eigenvalue weighted by molar-refractivity contribution is -0.131. The molecule has 0 saturated carbocycles. The Bertz CT molecular complexity index is 1300. The normalized spacial score (nSPS) is 18.4. The predicted molar refractivity (Wildman–Crippen MR) is 144 cm³/mol. The van der Waals surface area contributed by atoms with E-state index in [1.165, 1.54) is 12.1 Å². The van der Waals surface area contributed by atoms with Crippen LogP contribution in [-0.4, -0.2) is 49.9 Å². The number of hydrogen-bond acceptors (Lipinski definition) is 6. The highest BCUT2D eigenvalue weighted by Gasteiger charge is 2.38. The number of benzene rings is 3. The van der Waals surface area contributed by atoms with Gasteiger partial charge in [0.05, 0.1) is 15.6 Å². The zero-order chi connectivity index (χ0) is 26.2. The van der Waals surface area contributed by atoms with Crippen LogP contribution in [0.3, 0.4) is 0 Å². The Balaban J connectivity index is 1.92. The van der Waals surface area contributed by atoms with Crippen molar-refractivity contribution in [3.05, 3.63) is 77.3 Å². The molecule has 1 heterocycles. The lowest BCUT2D eigenvalue weighted by Gasteiger charge is -2.43. The molecule has 0 radical (unpaired) electrons. The first-order valence-corrected chi connectivity index (χ1v) is 13.4. The van der Waals surface area contributed by atoms with E-state index in [4.69, 9.17) is 16.7 Å². The summed E-state index contributed by atoms with van der Waals surface area (Å²) in [4.78, 5) is 25.6. The molecule has 1 unspecified atom stereocenters. The molecule has 0 fully saturated rings. The van der Waals surface area contributed by atoms with Crippen molar-refractivity contribution in [1.29, 1.82) is 0 Å². The molecule has 7 nitrogen and oxygen atoms in total. The first-order valence-electron chi connectivity index (χ1n) is 11.6. The third-order valence-corrected chi connectivity index (χ3v) is 8.72. The second-order valence-corrected chi connectivity index (χ2v) is 11.8. The van der Waals surface area contributed by atoms with Gasteiger partial charge in [-0.15, -0.1) is 10.8 Å². The zero-order valence-electron chi connectivity index (χ0n) is 20.3. The van der Waals surface area contributed by atoms with E-state index in [1.807, 2.05) is 30.3 Å². The minimum atomic E-state index is -3.41. The van der Waals surface area contributed by atoms with Crippen molar-refractivity contribution in [3.63, 3.8) is 0 Å². The van der Waals surface area contributed by atoms with Crippen LogP contribution in [0.1, 0.15) is 30.6 Å². The van der Waals surface area contributed by atoms with E-state index in [2.05, 4.69) is 18.7 Å². The highest BCUT2D eigenvalue weighted by Crippen LogP contribution is 2.60. The number of carboxylic acids is 1. The SMILES string of the molecule is CC(C)CC1CN(c2ccccc2)c2cc(Cl)c(-c3cccc(C(=O)C(=O)O)c3)cc2S(O)(O)N1C. The number of carbonyl (C=O) groups is 2. The minimum absolute atomic E-state index is 0.0117. The summed E-state index contributed by atoms with van der Waals surface area (Å²) in [7, 11) is -1.68. The number of ketones is 1. The summed E-state index contributed by atoms with van der Waals surface area (Å²) < 4.78 is 24.8. The zero-order valence-corrected chi connectivity index (χ0v) is 21.8. The van der Waals surface area contributed by atoms with Crippen LogP contribution in [-0.2, 0) is 4.79 Å². The van der Waals surface area contributed by atoms with Crippen molar-refractivity contribution in [1.82, 2.24) is 4.31 Å². The smallest absolute Gasteiger partial charge is 0.377 e. The molecule has 3 aromatic carbocycles. The summed E-state index contributed by atoms with van der Waals surface area (Å²) in [6, 6.07) is 19.1. The number of halogens is 1. The van der Waals surface area contributed by atoms with Crippen LogP contribution in [0, 0.1) is 5.92 Å². The van der Waals surface area contributed by atoms with Gasteiger partial charge in [-0.2, -0.15) is 0 Å². The molecule has 1 aliphatic rings. The van der Waals surface area contributed by atoms with E-state index in [-0.39, 0.29) is 11.6 Å². The Morgan fingerprint density at radius 3 is 2.39 bits per heavy atom. The molecule has 0 amide bonds. The lowest BCUT2D eigenvalue weighted by Crippen LogP contribution is -2.40. The summed E-state index contributed by atoms with van der Waals surface area (Å²) >= 11 is 6.75. The van der Waals surface area contributed by atoms with Gasteiger partial charge in [-0.1, -0.05) is 61.8 Å². The molecule has 1 atom stereocenters. The molecule has 0 aromatic heterocycles. The second kappa shape index (κ2) is 10.2. The Hall–Kier alpha value is -2.88. The molecule has 190 valence electrons. The molecular formula is C27H29ClN2O5S. The summed E-state index contributed by atoms with van der Waals surface area (Å²) in [5.41, 5.74) is 2.47. The van der Waals surface area contributed by atoms with Crippen LogP contribution in [0.15, 0.2) is 71.6 Å². The Labute approximate surface area is 217 Å². The fraction of sp³-hybridized carbons (Fsp3) is 0.259. The third kappa shape index (κ3) is 5.00. The van der Waals surface area contributed by atoms with Crippen LogP contribution < -0.4 is 4.90 Å². The molecule has 9 heteroatoms. The van der Waals surface area contributed by atoms with Crippen LogP contribution in [0.25, 0.3) is 11.1 Å². The number of hydrogen-bond donors (Lipinski definition) is 3. The van der Waals surface area contributed by atoms with Crippen molar-refractivity contribution in [2.24, 2.45) is 5.92 Å². The van der Waals surface area contributed by atoms with Crippen LogP contribution in [0.5, 0.6) is 0 Å². The first kappa shape index (κ1) is 26.2. The van der Waals surface area contributed by atoms with E-state index in [1.54, 1.807) is 35.6 Å². The van der Waals surface area contributed by atoms with Gasteiger partial charge in [-0.3, -0.25) is 13.9 Å². The van der Waals surface area contributed by atoms with Crippen molar-refractivity contribution in [3.8, 4) is 11.1 Å². The highest BCUT2D eigenvalue weighted by atomic mass is 35.5. The van der Waals surface area contributed by atoms with Crippen molar-refractivity contribution >= 4 is 45.5 Å². The number of carboxylic acid groups (broad SMARTS) is 1. The molecule has 4 rings (SSSR count). The molecule has 0 bridgehead atoms. The van der Waals surface area contributed by atoms with Crippen LogP contribution in [0.4, 0.5) is 11.4 Å². The number of fused-ring (bicyclic) bond motifs is 1. The van der Waals surface area contributed by atoms with Gasteiger partial charge >= 0.3 is 5.97 Å². The number of rotatable bonds is 6. The summed E-state index contributed by atoms with van der Waals surface area (Å²) in [5.74, 6) is -2.25. The van der Waals surface area contributed by atoms with Crippen molar-refractivity contribution < 1.29 is 23.8 Å². The quantitative estimate of drug-likeness (QED) is 0.239. The average molecular weight is 529 g/mol. The maximum atomic E-state index is 12.0. The standard InChI is InChI=1S/C27H29ClN2O5S/c1-17(2)12-21-16-30(20-10-5-4-6-11-20)24-15-23(28)22(14-25(24)36(34,35)29(21)3)18-8-7-9-19(13-18)26(31)27(32)33/h4-11,13-15,17,21,34-35H,12,16H2,1-3H3,(H,32,33). The van der Waals surface area contributed by atoms with Gasteiger partial charge < -0.3 is 10.0 Å². The molecule has 0 spiro atoms. The third-order valence-electron chi connectivity index (χ3n) is 6.38. The highest BCUT2D eigenvalue weighted by molar-refractivity contribution is 8.22. The monoisotopic (exact) mass is 528 g/mol. The molecule has 3 aromatic rings. The number of Topliss-reactive ketones (excluding diaryl/α,β-unsaturated/α-hetero) is 1. The van der Waals surface area contributed by atoms with Gasteiger partial charge in [0, 0.05) is 36.4 Å². The summed E-state index contributed by atoms with van der Waals surface area (Å²) in [5, 5.41) is 9.46. The summed E-state index contributed by atoms with van der Waals surface area (Å²) in [6.07, 6.45) is 0.754. The van der Waals surface area contributed by atoms with Crippen LogP contribution in [0.2, 0.25) is 5.02 Å². The second-order valence-electron chi connectivity index (χ2n) is 9.31. The Kier molecular flexibility index (Phi) is 7.45. The number of carbonyl (C=O) groups excluding carboxylic acids is 1. The van der Waals surface area contributed by atoms with Gasteiger partial charge in [0.15, 0.2) is 0 Å². The Morgan fingerprint density at radius 1 is 1.06 bits per heavy atom. The van der Waals surface area contributed by atoms with E-state index < -0.39 is 22.5 Å². The minimum Gasteiger partial charge on any atom is -0.475 e. The molecule has 36 heavy (non-hydrogen) atoms. The van der Waals surface area contributed by atoms with Gasteiger partial charge in [0.25, 0.3) is 5.78 Å². The van der Waals surface area contributed by atoms with Crippen molar-refractivity contribution in [2.45, 2.75) is 31.2 Å². The van der Waals surface area contributed by atoms with Gasteiger partial charge in [0.2, 0.25) is 0 Å². The lowest BCUT2D eigenvalue weighted by atomic mass is 10.00. The number of likely N-dealkylation sites (N-methyl/N-ethyl adjacent to an activating group) is 1. The Morgan fingerprint density at radius 2 is 1.75 bits per heavy atom. The molecule has 0 aliphatic carbocycles. The number of para-hydroxylation sites is 1. The van der Waals surface area contributed by atoms with E-state index in [0.717, 1.165) is 12.1 Å². The largest absolute Gasteiger partial charge is 0.475 e. The van der Waals surface area contributed by atoms with Gasteiger partial charge in [-0.05, 0) is 48.2 Å². The molecular weight excluding hydrogens is 500 g/mol. The fourth-order valence-corrected chi connectivity index (χ4v) is 6.42. The number of aliphatic carboxylic acids is 1. The van der Waals surface area contributed by atoms with E-state index in [0.29, 0.717) is 39.2 Å². The number of nitrogens with zero attached hydrogens (tertiary/aromatic N) is 2. The van der Waals surface area contributed by atoms with E-state index >= 15 is 0 Å². The first-order chi connectivity index (χ1) is 17.0. The van der Waals surface area contributed by atoms with Crippen LogP contribution >= 0.6 is 22.4 Å². The van der Waals surface area contributed by atoms with Gasteiger partial charge in [0.1, 0.15) is 0 Å². The van der Waals surface area contributed by atoms with E-state index in [9.17, 15) is 18.7 Å². The predicted octanol–water partition coefficient (Wildman–Crippen LogP) is 6.80. The summed E-state index contributed by atoms with van der Waals surface area (Å²) in [6.45, 7) is 4.73. The van der Waals surface area contributed by atoms with Gasteiger partial charge in [-0.25, -0.2) is 9.10 Å². The maximum Gasteiger partial charge on any atom is 0.377 e. The fourth-order valence-electron chi connectivity index (χ4n) is 4.55. The maximum absolute atomic E-state index is 12.0. The average Bonchev–Trinajstić information content (AvgIpc) is 2.92. The topological polar surface area (TPSA) is 101 Å². The van der Waals surface area contributed by atoms with Crippen molar-refractivity contribution in [2.75, 3.05) is 18.5 Å².